The molecule has 0 aliphatic heterocycles. The summed E-state index contributed by atoms with van der Waals surface area (Å²) in [5.41, 5.74) is 8.79. The Morgan fingerprint density at radius 2 is 0.900 bits per heavy atom. The summed E-state index contributed by atoms with van der Waals surface area (Å²) in [6.45, 7) is 0. The number of benzene rings is 5. The molecule has 0 spiro atoms. The maximum atomic E-state index is 7.06. The van der Waals surface area contributed by atoms with Crippen LogP contribution in [-0.2, 0) is 58.9 Å². The molecule has 6 nitrogen and oxygen atoms in total. The van der Waals surface area contributed by atoms with Crippen molar-refractivity contribution < 1.29 is 53.6 Å². The molecule has 0 saturated carbocycles. The minimum atomic E-state index is 0. The molecule has 9 aromatic rings. The molecule has 5 aromatic carbocycles. The Balaban J connectivity index is 0.000000144. The van der Waals surface area contributed by atoms with Crippen LogP contribution in [0, 0.1) is 37.3 Å². The zero-order chi connectivity index (χ0) is 33.0. The summed E-state index contributed by atoms with van der Waals surface area (Å²) in [5, 5.41) is 4.40. The fraction of sp³-hybridized carbons (Fsp3) is 0.0476. The molecule has 0 fully saturated rings. The van der Waals surface area contributed by atoms with Gasteiger partial charge in [0.1, 0.15) is 22.3 Å². The van der Waals surface area contributed by atoms with E-state index in [2.05, 4.69) is 34.5 Å². The molecule has 0 amide bonds. The van der Waals surface area contributed by atoms with Crippen molar-refractivity contribution in [2.75, 3.05) is 0 Å². The first-order valence-corrected chi connectivity index (χ1v) is 15.1. The largest absolute Gasteiger partial charge is 0.458 e. The van der Waals surface area contributed by atoms with E-state index in [4.69, 9.17) is 21.7 Å². The molecule has 0 unspecified atom stereocenters. The summed E-state index contributed by atoms with van der Waals surface area (Å²) in [7, 11) is 3.82. The molecule has 0 bridgehead atoms. The second-order valence-electron chi connectivity index (χ2n) is 11.1. The number of nitrogens with zero attached hydrogens (tertiary/aromatic N) is 4. The topological polar surface area (TPSA) is 61.9 Å². The number of aryl methyl sites for hydroxylation is 2. The van der Waals surface area contributed by atoms with Crippen molar-refractivity contribution in [1.29, 1.82) is 0 Å². The van der Waals surface area contributed by atoms with Crippen LogP contribution >= 0.6 is 0 Å². The van der Waals surface area contributed by atoms with Crippen LogP contribution in [0.25, 0.3) is 66.4 Å². The number of imidazole rings is 2. The monoisotopic (exact) mass is 1010 g/mol. The smallest absolute Gasteiger partial charge is 0.135 e. The van der Waals surface area contributed by atoms with Gasteiger partial charge in [-0.1, -0.05) is 107 Å². The predicted molar refractivity (Wildman–Crippen MR) is 188 cm³/mol. The van der Waals surface area contributed by atoms with Gasteiger partial charge in [-0.3, -0.25) is 11.8 Å². The quantitative estimate of drug-likeness (QED) is 0.0986. The Morgan fingerprint density at radius 1 is 0.520 bits per heavy atom. The van der Waals surface area contributed by atoms with Crippen LogP contribution in [0.2, 0.25) is 0 Å². The summed E-state index contributed by atoms with van der Waals surface area (Å²) >= 11 is 0. The molecule has 8 heteroatoms. The number of para-hydroxylation sites is 2. The van der Waals surface area contributed by atoms with Crippen LogP contribution in [0.3, 0.4) is 0 Å². The van der Waals surface area contributed by atoms with Crippen LogP contribution in [0.4, 0.5) is 0 Å². The summed E-state index contributed by atoms with van der Waals surface area (Å²) in [6, 6.07) is 35.3. The molecule has 0 N–H and O–H groups in total. The number of aromatic nitrogens is 4. The van der Waals surface area contributed by atoms with Gasteiger partial charge in [0.25, 0.3) is 0 Å². The van der Waals surface area contributed by atoms with Gasteiger partial charge in [-0.2, -0.15) is 0 Å². The van der Waals surface area contributed by atoms with Crippen LogP contribution in [0.15, 0.2) is 130 Å². The van der Waals surface area contributed by atoms with E-state index >= 15 is 0 Å². The Kier molecular flexibility index (Phi) is 11.5. The molecule has 0 atom stereocenters. The predicted octanol–water partition coefficient (Wildman–Crippen LogP) is 9.13. The van der Waals surface area contributed by atoms with Gasteiger partial charge in [0, 0.05) is 79.0 Å². The standard InChI is InChI=1S/C14H12N4.2C14H7O.2Au/c1-17-7-13(15-9-17)11-5-3-4-6-12(11)14-8-18(2)10-16-14;2*1-2-10-7-8-12-11-5-3-4-6-13(11)15-14(12)9-10;;/h3-8H,1-2H3;2*3-9H;;/q-2;2*-1;;. The number of furan rings is 2. The van der Waals surface area contributed by atoms with E-state index < -0.39 is 0 Å². The van der Waals surface area contributed by atoms with Gasteiger partial charge in [-0.05, 0) is 26.2 Å². The van der Waals surface area contributed by atoms with Gasteiger partial charge >= 0.3 is 0 Å². The number of fused-ring (bicyclic) bond motifs is 6. The van der Waals surface area contributed by atoms with E-state index in [1.54, 1.807) is 0 Å². The van der Waals surface area contributed by atoms with Gasteiger partial charge in [-0.15, -0.1) is 35.7 Å². The van der Waals surface area contributed by atoms with Crippen molar-refractivity contribution in [3.05, 3.63) is 158 Å². The average Bonchev–Trinajstić information content (AvgIpc) is 3.93. The van der Waals surface area contributed by atoms with Gasteiger partial charge in [0.05, 0.1) is 0 Å². The second-order valence-corrected chi connectivity index (χ2v) is 11.1. The van der Waals surface area contributed by atoms with Crippen molar-refractivity contribution in [2.24, 2.45) is 14.1 Å². The van der Waals surface area contributed by atoms with Crippen molar-refractivity contribution >= 4 is 43.9 Å². The molecular formula is C42H26Au2N4O2-4. The van der Waals surface area contributed by atoms with E-state index in [-0.39, 0.29) is 44.8 Å². The molecule has 0 aliphatic carbocycles. The third-order valence-electron chi connectivity index (χ3n) is 7.81. The minimum Gasteiger partial charge on any atom is -0.458 e. The van der Waals surface area contributed by atoms with Crippen molar-refractivity contribution in [3.63, 3.8) is 0 Å². The van der Waals surface area contributed by atoms with E-state index in [0.29, 0.717) is 0 Å². The van der Waals surface area contributed by atoms with Crippen LogP contribution in [0.5, 0.6) is 0 Å². The molecule has 0 aliphatic rings. The van der Waals surface area contributed by atoms with Crippen molar-refractivity contribution in [3.8, 4) is 34.4 Å². The molecule has 0 saturated heterocycles. The molecule has 50 heavy (non-hydrogen) atoms. The summed E-state index contributed by atoms with van der Waals surface area (Å²) in [6.07, 6.45) is 23.8. The molecule has 4 heterocycles. The van der Waals surface area contributed by atoms with E-state index in [0.717, 1.165) is 77.5 Å². The molecule has 252 valence electrons. The third-order valence-corrected chi connectivity index (χ3v) is 7.81. The molecule has 2 radical (unpaired) electrons. The molecular weight excluding hydrogens is 986 g/mol. The Hall–Kier alpha value is -5.28. The average molecular weight is 1010 g/mol. The fourth-order valence-corrected chi connectivity index (χ4v) is 5.54. The molecule has 9 rings (SSSR count). The summed E-state index contributed by atoms with van der Waals surface area (Å²) < 4.78 is 15.0. The van der Waals surface area contributed by atoms with Gasteiger partial charge in [0.15, 0.2) is 0 Å². The molecule has 4 aromatic heterocycles. The maximum absolute atomic E-state index is 7.06. The summed E-state index contributed by atoms with van der Waals surface area (Å²) in [4.78, 5) is 8.54. The SMILES string of the molecule is Cn1[c-]nc(-c2ccccc2-c2cn(C)[c-]n2)c1.[Au].[Au].[C-]#Cc1ccc2c(c1)oc1ccccc12.[C-]#Cc1ccc2c(c1)oc1ccccc12. The third kappa shape index (κ3) is 7.48. The minimum absolute atomic E-state index is 0. The van der Waals surface area contributed by atoms with Crippen LogP contribution in [0.1, 0.15) is 11.1 Å². The number of hydrogen-bond acceptors (Lipinski definition) is 4. The Labute approximate surface area is 321 Å². The van der Waals surface area contributed by atoms with Gasteiger partial charge in [0.2, 0.25) is 0 Å². The first kappa shape index (κ1) is 36.0. The van der Waals surface area contributed by atoms with Gasteiger partial charge in [-0.25, -0.2) is 0 Å². The maximum Gasteiger partial charge on any atom is 0.135 e. The zero-order valence-corrected chi connectivity index (χ0v) is 31.1. The zero-order valence-electron chi connectivity index (χ0n) is 26.8. The first-order chi connectivity index (χ1) is 23.5. The van der Waals surface area contributed by atoms with Crippen molar-refractivity contribution in [1.82, 2.24) is 19.1 Å². The van der Waals surface area contributed by atoms with Crippen LogP contribution < -0.4 is 0 Å². The summed E-state index contributed by atoms with van der Waals surface area (Å²) in [5.74, 6) is 4.71. The van der Waals surface area contributed by atoms with E-state index in [1.165, 1.54) is 0 Å². The van der Waals surface area contributed by atoms with E-state index in [1.807, 2.05) is 145 Å². The van der Waals surface area contributed by atoms with Gasteiger partial charge < -0.3 is 40.8 Å². The Morgan fingerprint density at radius 3 is 1.28 bits per heavy atom. The van der Waals surface area contributed by atoms with E-state index in [9.17, 15) is 0 Å². The Bertz CT molecular complexity index is 2460. The van der Waals surface area contributed by atoms with Crippen LogP contribution in [-0.4, -0.2) is 19.1 Å². The first-order valence-electron chi connectivity index (χ1n) is 15.1. The van der Waals surface area contributed by atoms with Crippen molar-refractivity contribution in [2.45, 2.75) is 0 Å². The number of rotatable bonds is 2. The second kappa shape index (κ2) is 16.0. The number of hydrogen-bond donors (Lipinski definition) is 0. The fourth-order valence-electron chi connectivity index (χ4n) is 5.54. The normalized spacial score (nSPS) is 10.2.